The zero-order valence-corrected chi connectivity index (χ0v) is 15.9. The van der Waals surface area contributed by atoms with E-state index in [0.29, 0.717) is 18.9 Å². The Balaban J connectivity index is 1.57. The van der Waals surface area contributed by atoms with E-state index >= 15 is 0 Å². The molecule has 142 valence electrons. The van der Waals surface area contributed by atoms with E-state index in [1.807, 2.05) is 54.6 Å². The number of hydrogen-bond donors (Lipinski definition) is 1. The molecule has 5 nitrogen and oxygen atoms in total. The Morgan fingerprint density at radius 1 is 1.11 bits per heavy atom. The van der Waals surface area contributed by atoms with Gasteiger partial charge in [0.1, 0.15) is 12.6 Å². The number of benzene rings is 2. The number of likely N-dealkylation sites (tertiary alicyclic amines) is 1. The fraction of sp³-hybridized carbons (Fsp3) is 0.364. The summed E-state index contributed by atoms with van der Waals surface area (Å²) in [6, 6.07) is 16.9. The highest BCUT2D eigenvalue weighted by atomic mass is 16.6. The van der Waals surface area contributed by atoms with E-state index in [1.165, 1.54) is 10.5 Å². The number of anilines is 1. The molecule has 3 rings (SSSR count). The predicted molar refractivity (Wildman–Crippen MR) is 106 cm³/mol. The molecule has 1 saturated heterocycles. The largest absolute Gasteiger partial charge is 0.445 e. The van der Waals surface area contributed by atoms with Crippen LogP contribution in [0.3, 0.4) is 0 Å². The highest BCUT2D eigenvalue weighted by molar-refractivity contribution is 5.96. The van der Waals surface area contributed by atoms with E-state index in [0.717, 1.165) is 17.7 Å². The van der Waals surface area contributed by atoms with Gasteiger partial charge in [-0.3, -0.25) is 9.69 Å². The molecule has 1 fully saturated rings. The Morgan fingerprint density at radius 3 is 2.48 bits per heavy atom. The molecule has 0 bridgehead atoms. The van der Waals surface area contributed by atoms with E-state index in [4.69, 9.17) is 4.74 Å². The van der Waals surface area contributed by atoms with Gasteiger partial charge in [0.05, 0.1) is 0 Å². The molecule has 2 aromatic carbocycles. The lowest BCUT2D eigenvalue weighted by atomic mass is 10.0. The summed E-state index contributed by atoms with van der Waals surface area (Å²) in [6.07, 6.45) is 1.01. The van der Waals surface area contributed by atoms with Crippen LogP contribution < -0.4 is 5.32 Å². The van der Waals surface area contributed by atoms with Gasteiger partial charge in [-0.1, -0.05) is 56.3 Å². The van der Waals surface area contributed by atoms with Gasteiger partial charge in [0, 0.05) is 12.2 Å². The van der Waals surface area contributed by atoms with Crippen molar-refractivity contribution in [2.45, 2.75) is 45.3 Å². The Labute approximate surface area is 160 Å². The first-order valence-electron chi connectivity index (χ1n) is 9.42. The van der Waals surface area contributed by atoms with Crippen molar-refractivity contribution >= 4 is 17.7 Å². The zero-order chi connectivity index (χ0) is 19.2. The van der Waals surface area contributed by atoms with E-state index in [1.54, 1.807) is 0 Å². The fourth-order valence-corrected chi connectivity index (χ4v) is 3.24. The minimum Gasteiger partial charge on any atom is -0.445 e. The summed E-state index contributed by atoms with van der Waals surface area (Å²) < 4.78 is 5.39. The topological polar surface area (TPSA) is 58.6 Å². The van der Waals surface area contributed by atoms with Crippen molar-refractivity contribution in [3.05, 3.63) is 65.7 Å². The highest BCUT2D eigenvalue weighted by Gasteiger charge is 2.35. The number of carbonyl (C=O) groups excluding carboxylic acids is 2. The van der Waals surface area contributed by atoms with Gasteiger partial charge in [0.15, 0.2) is 0 Å². The molecule has 1 aliphatic heterocycles. The Bertz CT molecular complexity index is 772. The summed E-state index contributed by atoms with van der Waals surface area (Å²) in [5.41, 5.74) is 2.89. The third-order valence-electron chi connectivity index (χ3n) is 4.84. The van der Waals surface area contributed by atoms with Gasteiger partial charge in [-0.2, -0.15) is 0 Å². The third kappa shape index (κ3) is 4.88. The van der Waals surface area contributed by atoms with Crippen LogP contribution in [0.2, 0.25) is 0 Å². The second-order valence-corrected chi connectivity index (χ2v) is 7.16. The van der Waals surface area contributed by atoms with Gasteiger partial charge in [-0.15, -0.1) is 0 Å². The summed E-state index contributed by atoms with van der Waals surface area (Å²) in [5.74, 6) is 0.279. The molecule has 5 heteroatoms. The van der Waals surface area contributed by atoms with Crippen molar-refractivity contribution in [1.29, 1.82) is 0 Å². The lowest BCUT2D eigenvalue weighted by Crippen LogP contribution is -2.43. The minimum atomic E-state index is -0.488. The highest BCUT2D eigenvalue weighted by Crippen LogP contribution is 2.22. The van der Waals surface area contributed by atoms with Crippen LogP contribution in [0.1, 0.15) is 43.7 Å². The van der Waals surface area contributed by atoms with Crippen molar-refractivity contribution in [1.82, 2.24) is 4.90 Å². The van der Waals surface area contributed by atoms with Gasteiger partial charge in [0.25, 0.3) is 0 Å². The molecule has 2 amide bonds. The monoisotopic (exact) mass is 366 g/mol. The molecule has 0 spiro atoms. The molecule has 1 atom stereocenters. The van der Waals surface area contributed by atoms with Crippen LogP contribution in [0.15, 0.2) is 54.6 Å². The zero-order valence-electron chi connectivity index (χ0n) is 15.9. The summed E-state index contributed by atoms with van der Waals surface area (Å²) in [6.45, 7) is 5.01. The van der Waals surface area contributed by atoms with Gasteiger partial charge < -0.3 is 10.1 Å². The predicted octanol–water partition coefficient (Wildman–Crippen LogP) is 4.55. The summed E-state index contributed by atoms with van der Waals surface area (Å²) in [7, 11) is 0. The molecule has 0 aliphatic carbocycles. The van der Waals surface area contributed by atoms with Crippen LogP contribution in [0.5, 0.6) is 0 Å². The molecule has 1 aliphatic rings. The molecule has 27 heavy (non-hydrogen) atoms. The first-order chi connectivity index (χ1) is 13.0. The van der Waals surface area contributed by atoms with Gasteiger partial charge in [-0.05, 0) is 42.0 Å². The Hall–Kier alpha value is -2.82. The summed E-state index contributed by atoms with van der Waals surface area (Å²) in [5, 5.41) is 2.92. The number of rotatable bonds is 5. The lowest BCUT2D eigenvalue weighted by Gasteiger charge is -2.23. The third-order valence-corrected chi connectivity index (χ3v) is 4.84. The first-order valence-corrected chi connectivity index (χ1v) is 9.42. The molecule has 0 saturated carbocycles. The molecule has 0 radical (unpaired) electrons. The number of carbonyl (C=O) groups is 2. The lowest BCUT2D eigenvalue weighted by molar-refractivity contribution is -0.120. The molecule has 0 aromatic heterocycles. The maximum absolute atomic E-state index is 12.7. The normalized spacial score (nSPS) is 16.4. The standard InChI is InChI=1S/C22H26N2O3/c1-16(2)18-10-12-19(13-11-18)23-21(25)20-9-6-14-24(20)22(26)27-15-17-7-4-3-5-8-17/h3-5,7-8,10-13,16,20H,6,9,14-15H2,1-2H3,(H,23,25)/t20-/m1/s1. The number of hydrogen-bond acceptors (Lipinski definition) is 3. The average Bonchev–Trinajstić information content (AvgIpc) is 3.17. The van der Waals surface area contributed by atoms with Crippen molar-refractivity contribution in [2.24, 2.45) is 0 Å². The maximum Gasteiger partial charge on any atom is 0.410 e. The van der Waals surface area contributed by atoms with Crippen LogP contribution in [0.4, 0.5) is 10.5 Å². The second kappa shape index (κ2) is 8.71. The van der Waals surface area contributed by atoms with Crippen molar-refractivity contribution < 1.29 is 14.3 Å². The van der Waals surface area contributed by atoms with Gasteiger partial charge in [-0.25, -0.2) is 4.79 Å². The number of ether oxygens (including phenoxy) is 1. The minimum absolute atomic E-state index is 0.165. The molecular weight excluding hydrogens is 340 g/mol. The second-order valence-electron chi connectivity index (χ2n) is 7.16. The Morgan fingerprint density at radius 2 is 1.81 bits per heavy atom. The first kappa shape index (κ1) is 19.0. The molecular formula is C22H26N2O3. The number of amides is 2. The smallest absolute Gasteiger partial charge is 0.410 e. The maximum atomic E-state index is 12.7. The number of nitrogens with zero attached hydrogens (tertiary/aromatic N) is 1. The van der Waals surface area contributed by atoms with E-state index in [2.05, 4.69) is 19.2 Å². The van der Waals surface area contributed by atoms with E-state index < -0.39 is 12.1 Å². The van der Waals surface area contributed by atoms with Crippen LogP contribution in [-0.4, -0.2) is 29.5 Å². The van der Waals surface area contributed by atoms with Crippen LogP contribution in [-0.2, 0) is 16.1 Å². The van der Waals surface area contributed by atoms with Crippen molar-refractivity contribution in [3.8, 4) is 0 Å². The molecule has 1 heterocycles. The van der Waals surface area contributed by atoms with Crippen LogP contribution in [0, 0.1) is 0 Å². The summed E-state index contributed by atoms with van der Waals surface area (Å²) >= 11 is 0. The van der Waals surface area contributed by atoms with Crippen LogP contribution >= 0.6 is 0 Å². The average molecular weight is 366 g/mol. The fourth-order valence-electron chi connectivity index (χ4n) is 3.24. The van der Waals surface area contributed by atoms with E-state index in [9.17, 15) is 9.59 Å². The Kier molecular flexibility index (Phi) is 6.12. The van der Waals surface area contributed by atoms with E-state index in [-0.39, 0.29) is 12.5 Å². The molecule has 2 aromatic rings. The van der Waals surface area contributed by atoms with Crippen molar-refractivity contribution in [3.63, 3.8) is 0 Å². The number of nitrogens with one attached hydrogen (secondary N) is 1. The van der Waals surface area contributed by atoms with Crippen molar-refractivity contribution in [2.75, 3.05) is 11.9 Å². The quantitative estimate of drug-likeness (QED) is 0.844. The van der Waals surface area contributed by atoms with Gasteiger partial charge >= 0.3 is 6.09 Å². The molecule has 0 unspecified atom stereocenters. The van der Waals surface area contributed by atoms with Crippen LogP contribution in [0.25, 0.3) is 0 Å². The molecule has 1 N–H and O–H groups in total. The SMILES string of the molecule is CC(C)c1ccc(NC(=O)[C@H]2CCCN2C(=O)OCc2ccccc2)cc1. The van der Waals surface area contributed by atoms with Gasteiger partial charge in [0.2, 0.25) is 5.91 Å². The summed E-state index contributed by atoms with van der Waals surface area (Å²) in [4.78, 5) is 26.6.